The van der Waals surface area contributed by atoms with Gasteiger partial charge in [0.1, 0.15) is 0 Å². The average molecular weight is 251 g/mol. The van der Waals surface area contributed by atoms with Crippen LogP contribution >= 0.6 is 0 Å². The maximum atomic E-state index is 13.6. The first-order valence-electron chi connectivity index (χ1n) is 5.69. The van der Waals surface area contributed by atoms with E-state index in [2.05, 4.69) is 10.4 Å². The molecular weight excluding hydrogens is 236 g/mol. The Hall–Kier alpha value is -1.91. The molecule has 0 aliphatic heterocycles. The summed E-state index contributed by atoms with van der Waals surface area (Å²) in [6.45, 7) is 3.64. The SMILES string of the molecule is Cc1nn(C)cc1NC(C)c1cccc(F)c1F. The minimum Gasteiger partial charge on any atom is -0.376 e. The molecule has 0 saturated heterocycles. The largest absolute Gasteiger partial charge is 0.376 e. The maximum Gasteiger partial charge on any atom is 0.164 e. The first-order chi connectivity index (χ1) is 8.49. The van der Waals surface area contributed by atoms with Crippen LogP contribution in [-0.4, -0.2) is 9.78 Å². The van der Waals surface area contributed by atoms with Crippen LogP contribution in [0.2, 0.25) is 0 Å². The van der Waals surface area contributed by atoms with Gasteiger partial charge in [-0.1, -0.05) is 12.1 Å². The van der Waals surface area contributed by atoms with Crippen molar-refractivity contribution in [2.75, 3.05) is 5.32 Å². The molecule has 5 heteroatoms. The first kappa shape index (κ1) is 12.5. The first-order valence-corrected chi connectivity index (χ1v) is 5.69. The molecule has 0 saturated carbocycles. The molecule has 0 amide bonds. The smallest absolute Gasteiger partial charge is 0.164 e. The standard InChI is InChI=1S/C13H15F2N3/c1-8(10-5-4-6-11(14)13(10)15)16-12-7-18(3)17-9(12)2/h4-8,16H,1-3H3. The van der Waals surface area contributed by atoms with Crippen molar-refractivity contribution in [1.29, 1.82) is 0 Å². The number of hydrogen-bond acceptors (Lipinski definition) is 2. The summed E-state index contributed by atoms with van der Waals surface area (Å²) < 4.78 is 28.4. The van der Waals surface area contributed by atoms with Gasteiger partial charge in [-0.15, -0.1) is 0 Å². The molecule has 0 aliphatic carbocycles. The summed E-state index contributed by atoms with van der Waals surface area (Å²) in [4.78, 5) is 0. The lowest BCUT2D eigenvalue weighted by atomic mass is 10.1. The minimum atomic E-state index is -0.830. The predicted molar refractivity (Wildman–Crippen MR) is 66.3 cm³/mol. The van der Waals surface area contributed by atoms with Gasteiger partial charge in [0.05, 0.1) is 17.4 Å². The lowest BCUT2D eigenvalue weighted by Crippen LogP contribution is -2.09. The summed E-state index contributed by atoms with van der Waals surface area (Å²) in [6, 6.07) is 3.86. The summed E-state index contributed by atoms with van der Waals surface area (Å²) in [5, 5.41) is 7.31. The fourth-order valence-electron chi connectivity index (χ4n) is 1.91. The summed E-state index contributed by atoms with van der Waals surface area (Å²) in [5.74, 6) is -1.64. The number of nitrogens with one attached hydrogen (secondary N) is 1. The van der Waals surface area contributed by atoms with E-state index in [0.29, 0.717) is 5.56 Å². The van der Waals surface area contributed by atoms with Crippen LogP contribution in [-0.2, 0) is 7.05 Å². The van der Waals surface area contributed by atoms with Crippen molar-refractivity contribution >= 4 is 5.69 Å². The number of benzene rings is 1. The second-order valence-corrected chi connectivity index (χ2v) is 4.31. The van der Waals surface area contributed by atoms with Crippen molar-refractivity contribution in [2.24, 2.45) is 7.05 Å². The minimum absolute atomic E-state index is 0.304. The van der Waals surface area contributed by atoms with Gasteiger partial charge in [0, 0.05) is 18.8 Å². The van der Waals surface area contributed by atoms with E-state index in [1.54, 1.807) is 17.7 Å². The topological polar surface area (TPSA) is 29.9 Å². The Bertz CT molecular complexity index is 563. The van der Waals surface area contributed by atoms with Crippen LogP contribution in [0.15, 0.2) is 24.4 Å². The van der Waals surface area contributed by atoms with E-state index >= 15 is 0 Å². The van der Waals surface area contributed by atoms with E-state index < -0.39 is 11.6 Å². The lowest BCUT2D eigenvalue weighted by Gasteiger charge is -2.15. The normalized spacial score (nSPS) is 12.5. The molecule has 0 spiro atoms. The van der Waals surface area contributed by atoms with Gasteiger partial charge in [-0.3, -0.25) is 4.68 Å². The Morgan fingerprint density at radius 3 is 2.67 bits per heavy atom. The predicted octanol–water partition coefficient (Wildman–Crippen LogP) is 3.18. The monoisotopic (exact) mass is 251 g/mol. The third kappa shape index (κ3) is 2.34. The molecule has 1 heterocycles. The average Bonchev–Trinajstić information content (AvgIpc) is 2.61. The van der Waals surface area contributed by atoms with Crippen molar-refractivity contribution in [3.05, 3.63) is 47.3 Å². The molecule has 1 atom stereocenters. The molecule has 1 aromatic heterocycles. The number of hydrogen-bond donors (Lipinski definition) is 1. The zero-order valence-corrected chi connectivity index (χ0v) is 10.5. The Labute approximate surface area is 104 Å². The van der Waals surface area contributed by atoms with E-state index in [1.807, 2.05) is 20.2 Å². The Morgan fingerprint density at radius 2 is 2.06 bits per heavy atom. The molecule has 1 aromatic carbocycles. The van der Waals surface area contributed by atoms with Crippen molar-refractivity contribution in [3.8, 4) is 0 Å². The number of nitrogens with zero attached hydrogens (tertiary/aromatic N) is 2. The molecule has 96 valence electrons. The highest BCUT2D eigenvalue weighted by Gasteiger charge is 2.15. The fraction of sp³-hybridized carbons (Fsp3) is 0.308. The van der Waals surface area contributed by atoms with E-state index in [9.17, 15) is 8.78 Å². The summed E-state index contributed by atoms with van der Waals surface area (Å²) in [7, 11) is 1.81. The third-order valence-electron chi connectivity index (χ3n) is 2.83. The second-order valence-electron chi connectivity index (χ2n) is 4.31. The van der Waals surface area contributed by atoms with Crippen molar-refractivity contribution in [1.82, 2.24) is 9.78 Å². The second kappa shape index (κ2) is 4.76. The quantitative estimate of drug-likeness (QED) is 0.908. The van der Waals surface area contributed by atoms with Crippen molar-refractivity contribution < 1.29 is 8.78 Å². The van der Waals surface area contributed by atoms with E-state index in [1.165, 1.54) is 6.07 Å². The molecule has 0 radical (unpaired) electrons. The molecule has 2 rings (SSSR count). The van der Waals surface area contributed by atoms with Crippen LogP contribution in [0.1, 0.15) is 24.2 Å². The molecule has 0 fully saturated rings. The zero-order valence-electron chi connectivity index (χ0n) is 10.5. The number of anilines is 1. The Morgan fingerprint density at radius 1 is 1.33 bits per heavy atom. The molecule has 1 unspecified atom stereocenters. The van der Waals surface area contributed by atoms with Crippen LogP contribution < -0.4 is 5.32 Å². The van der Waals surface area contributed by atoms with Gasteiger partial charge in [-0.25, -0.2) is 8.78 Å². The molecule has 18 heavy (non-hydrogen) atoms. The van der Waals surface area contributed by atoms with Gasteiger partial charge >= 0.3 is 0 Å². The van der Waals surface area contributed by atoms with Gasteiger partial charge in [-0.05, 0) is 19.9 Å². The summed E-state index contributed by atoms with van der Waals surface area (Å²) in [6.07, 6.45) is 1.81. The van der Waals surface area contributed by atoms with Crippen LogP contribution in [0, 0.1) is 18.6 Å². The third-order valence-corrected chi connectivity index (χ3v) is 2.83. The zero-order chi connectivity index (χ0) is 13.3. The molecule has 3 nitrogen and oxygen atoms in total. The van der Waals surface area contributed by atoms with Gasteiger partial charge in [-0.2, -0.15) is 5.10 Å². The number of halogens is 2. The van der Waals surface area contributed by atoms with Crippen LogP contribution in [0.3, 0.4) is 0 Å². The van der Waals surface area contributed by atoms with Gasteiger partial charge < -0.3 is 5.32 Å². The van der Waals surface area contributed by atoms with Crippen molar-refractivity contribution in [3.63, 3.8) is 0 Å². The number of aromatic nitrogens is 2. The van der Waals surface area contributed by atoms with Crippen molar-refractivity contribution in [2.45, 2.75) is 19.9 Å². The highest BCUT2D eigenvalue weighted by atomic mass is 19.2. The van der Waals surface area contributed by atoms with Crippen LogP contribution in [0.25, 0.3) is 0 Å². The van der Waals surface area contributed by atoms with E-state index in [-0.39, 0.29) is 6.04 Å². The number of aryl methyl sites for hydroxylation is 2. The fourth-order valence-corrected chi connectivity index (χ4v) is 1.91. The Kier molecular flexibility index (Phi) is 3.32. The highest BCUT2D eigenvalue weighted by molar-refractivity contribution is 5.47. The van der Waals surface area contributed by atoms with Crippen LogP contribution in [0.4, 0.5) is 14.5 Å². The Balaban J connectivity index is 2.24. The summed E-state index contributed by atoms with van der Waals surface area (Å²) in [5.41, 5.74) is 1.94. The molecule has 0 bridgehead atoms. The molecule has 2 aromatic rings. The lowest BCUT2D eigenvalue weighted by molar-refractivity contribution is 0.494. The highest BCUT2D eigenvalue weighted by Crippen LogP contribution is 2.24. The summed E-state index contributed by atoms with van der Waals surface area (Å²) >= 11 is 0. The molecule has 0 aliphatic rings. The van der Waals surface area contributed by atoms with E-state index in [0.717, 1.165) is 17.4 Å². The van der Waals surface area contributed by atoms with Crippen LogP contribution in [0.5, 0.6) is 0 Å². The molecule has 1 N–H and O–H groups in total. The van der Waals surface area contributed by atoms with E-state index in [4.69, 9.17) is 0 Å². The maximum absolute atomic E-state index is 13.6. The molecular formula is C13H15F2N3. The van der Waals surface area contributed by atoms with Gasteiger partial charge in [0.25, 0.3) is 0 Å². The van der Waals surface area contributed by atoms with Gasteiger partial charge in [0.2, 0.25) is 0 Å². The van der Waals surface area contributed by atoms with Gasteiger partial charge in [0.15, 0.2) is 11.6 Å². The number of rotatable bonds is 3.